The summed E-state index contributed by atoms with van der Waals surface area (Å²) < 4.78 is 12.5. The number of hydrogen-bond donors (Lipinski definition) is 2. The molecular formula is C19H23N3O5. The minimum absolute atomic E-state index is 0.597. The van der Waals surface area contributed by atoms with E-state index in [-0.39, 0.29) is 0 Å². The van der Waals surface area contributed by atoms with Crippen LogP contribution in [0.1, 0.15) is 29.6 Å². The van der Waals surface area contributed by atoms with Crippen LogP contribution in [0, 0.1) is 13.8 Å². The molecule has 2 aromatic heterocycles. The fourth-order valence-corrected chi connectivity index (χ4v) is 2.50. The fourth-order valence-electron chi connectivity index (χ4n) is 2.50. The zero-order valence-corrected chi connectivity index (χ0v) is 15.7. The molecule has 2 aromatic rings. The molecule has 0 aliphatic heterocycles. The number of furan rings is 1. The predicted octanol–water partition coefficient (Wildman–Crippen LogP) is 2.15. The van der Waals surface area contributed by atoms with Gasteiger partial charge in [-0.05, 0) is 50.6 Å². The van der Waals surface area contributed by atoms with Crippen molar-refractivity contribution in [2.24, 2.45) is 0 Å². The van der Waals surface area contributed by atoms with Gasteiger partial charge in [0.1, 0.15) is 5.76 Å². The quantitative estimate of drug-likeness (QED) is 0.597. The van der Waals surface area contributed by atoms with E-state index in [1.807, 2.05) is 37.4 Å². The summed E-state index contributed by atoms with van der Waals surface area (Å²) in [6, 6.07) is 5.02. The number of nitrogens with zero attached hydrogens (tertiary/aromatic N) is 1. The van der Waals surface area contributed by atoms with Crippen molar-refractivity contribution in [3.05, 3.63) is 53.2 Å². The van der Waals surface area contributed by atoms with Crippen molar-refractivity contribution >= 4 is 24.0 Å². The van der Waals surface area contributed by atoms with Crippen LogP contribution in [0.15, 0.2) is 35.0 Å². The molecule has 1 atom stereocenters. The molecule has 0 saturated heterocycles. The maximum Gasteiger partial charge on any atom is 0.331 e. The topological polar surface area (TPSA) is 103 Å². The lowest BCUT2D eigenvalue weighted by molar-refractivity contribution is -0.149. The zero-order valence-electron chi connectivity index (χ0n) is 15.7. The van der Waals surface area contributed by atoms with Crippen molar-refractivity contribution in [1.29, 1.82) is 0 Å². The maximum absolute atomic E-state index is 11.9. The van der Waals surface area contributed by atoms with Gasteiger partial charge in [0.25, 0.3) is 5.91 Å². The van der Waals surface area contributed by atoms with Gasteiger partial charge >= 0.3 is 12.0 Å². The molecule has 2 N–H and O–H groups in total. The molecule has 0 aliphatic carbocycles. The van der Waals surface area contributed by atoms with Gasteiger partial charge in [0, 0.05) is 24.5 Å². The first-order valence-electron chi connectivity index (χ1n) is 8.42. The Kier molecular flexibility index (Phi) is 6.59. The summed E-state index contributed by atoms with van der Waals surface area (Å²) in [5.74, 6) is -0.541. The minimum atomic E-state index is -1.09. The highest BCUT2D eigenvalue weighted by Gasteiger charge is 2.18. The van der Waals surface area contributed by atoms with Crippen LogP contribution in [-0.2, 0) is 20.9 Å². The number of carbonyl (C=O) groups excluding carboxylic acids is 3. The van der Waals surface area contributed by atoms with Crippen LogP contribution in [0.3, 0.4) is 0 Å². The van der Waals surface area contributed by atoms with Gasteiger partial charge in [0.15, 0.2) is 6.10 Å². The number of hydrogen-bond acceptors (Lipinski definition) is 5. The highest BCUT2D eigenvalue weighted by Crippen LogP contribution is 2.18. The van der Waals surface area contributed by atoms with Crippen LogP contribution in [0.5, 0.6) is 0 Å². The van der Waals surface area contributed by atoms with Crippen LogP contribution in [0.2, 0.25) is 0 Å². The second-order valence-corrected chi connectivity index (χ2v) is 5.97. The van der Waals surface area contributed by atoms with E-state index in [9.17, 15) is 14.4 Å². The van der Waals surface area contributed by atoms with Crippen molar-refractivity contribution < 1.29 is 23.5 Å². The first-order valence-corrected chi connectivity index (χ1v) is 8.42. The Morgan fingerprint density at radius 2 is 2.07 bits per heavy atom. The summed E-state index contributed by atoms with van der Waals surface area (Å²) in [4.78, 5) is 34.7. The number of ether oxygens (including phenoxy) is 1. The maximum atomic E-state index is 11.9. The van der Waals surface area contributed by atoms with Crippen molar-refractivity contribution in [3.8, 4) is 0 Å². The highest BCUT2D eigenvalue weighted by atomic mass is 16.5. The number of urea groups is 1. The van der Waals surface area contributed by atoms with E-state index in [0.29, 0.717) is 6.54 Å². The second-order valence-electron chi connectivity index (χ2n) is 5.97. The number of amides is 3. The van der Waals surface area contributed by atoms with E-state index in [1.165, 1.54) is 20.0 Å². The molecule has 144 valence electrons. The number of esters is 1. The molecule has 0 fully saturated rings. The molecule has 0 saturated carbocycles. The number of imide groups is 1. The van der Waals surface area contributed by atoms with E-state index >= 15 is 0 Å². The van der Waals surface area contributed by atoms with Crippen LogP contribution >= 0.6 is 0 Å². The van der Waals surface area contributed by atoms with E-state index in [4.69, 9.17) is 9.15 Å². The number of carbonyl (C=O) groups is 3. The SMILES string of the molecule is CNC(=O)NC(=O)[C@H](C)OC(=O)/C=C/c1cc(C)n(Cc2ccco2)c1C. The van der Waals surface area contributed by atoms with Gasteiger partial charge in [-0.15, -0.1) is 0 Å². The molecule has 0 unspecified atom stereocenters. The van der Waals surface area contributed by atoms with Crippen molar-refractivity contribution in [2.75, 3.05) is 7.05 Å². The third-order valence-corrected chi connectivity index (χ3v) is 4.03. The summed E-state index contributed by atoms with van der Waals surface area (Å²) in [5, 5.41) is 4.29. The van der Waals surface area contributed by atoms with E-state index in [0.717, 1.165) is 22.7 Å². The molecule has 3 amide bonds. The second kappa shape index (κ2) is 8.88. The Labute approximate surface area is 157 Å². The molecule has 8 heteroatoms. The number of rotatable bonds is 6. The van der Waals surface area contributed by atoms with Crippen LogP contribution in [0.25, 0.3) is 6.08 Å². The average Bonchev–Trinajstić information content (AvgIpc) is 3.23. The third-order valence-electron chi connectivity index (χ3n) is 4.03. The summed E-state index contributed by atoms with van der Waals surface area (Å²) in [6.07, 6.45) is 3.42. The lowest BCUT2D eigenvalue weighted by Crippen LogP contribution is -2.43. The smallest absolute Gasteiger partial charge is 0.331 e. The van der Waals surface area contributed by atoms with Crippen LogP contribution < -0.4 is 10.6 Å². The third kappa shape index (κ3) is 5.34. The van der Waals surface area contributed by atoms with Gasteiger partial charge in [-0.3, -0.25) is 10.1 Å². The Hall–Kier alpha value is -3.29. The van der Waals surface area contributed by atoms with E-state index in [2.05, 4.69) is 9.88 Å². The van der Waals surface area contributed by atoms with Crippen LogP contribution in [-0.4, -0.2) is 35.6 Å². The molecule has 0 aliphatic rings. The van der Waals surface area contributed by atoms with Crippen molar-refractivity contribution in [1.82, 2.24) is 15.2 Å². The Balaban J connectivity index is 2.00. The first kappa shape index (κ1) is 20.0. The van der Waals surface area contributed by atoms with Gasteiger partial charge in [0.2, 0.25) is 0 Å². The molecule has 8 nitrogen and oxygen atoms in total. The summed E-state index contributed by atoms with van der Waals surface area (Å²) in [7, 11) is 1.38. The minimum Gasteiger partial charge on any atom is -0.467 e. The van der Waals surface area contributed by atoms with E-state index < -0.39 is 24.0 Å². The fraction of sp³-hybridized carbons (Fsp3) is 0.316. The Bertz CT molecular complexity index is 849. The van der Waals surface area contributed by atoms with Gasteiger partial charge in [0.05, 0.1) is 12.8 Å². The summed E-state index contributed by atoms with van der Waals surface area (Å²) >= 11 is 0. The monoisotopic (exact) mass is 373 g/mol. The molecular weight excluding hydrogens is 350 g/mol. The van der Waals surface area contributed by atoms with Gasteiger partial charge in [-0.1, -0.05) is 0 Å². The van der Waals surface area contributed by atoms with E-state index in [1.54, 1.807) is 12.3 Å². The molecule has 0 aromatic carbocycles. The summed E-state index contributed by atoms with van der Waals surface area (Å²) in [5.41, 5.74) is 2.85. The highest BCUT2D eigenvalue weighted by molar-refractivity contribution is 5.98. The zero-order chi connectivity index (χ0) is 20.0. The lowest BCUT2D eigenvalue weighted by atomic mass is 10.2. The normalized spacial score (nSPS) is 12.0. The lowest BCUT2D eigenvalue weighted by Gasteiger charge is -2.11. The molecule has 2 rings (SSSR count). The Morgan fingerprint density at radius 1 is 1.33 bits per heavy atom. The standard InChI is InChI=1S/C19H23N3O5/c1-12-10-15(13(2)22(12)11-16-6-5-9-26-16)7-8-17(23)27-14(3)18(24)21-19(25)20-4/h5-10,14H,11H2,1-4H3,(H2,20,21,24,25)/b8-7+/t14-/m0/s1. The number of aryl methyl sites for hydroxylation is 1. The van der Waals surface area contributed by atoms with Crippen LogP contribution in [0.4, 0.5) is 4.79 Å². The Morgan fingerprint density at radius 3 is 2.70 bits per heavy atom. The van der Waals surface area contributed by atoms with Crippen molar-refractivity contribution in [3.63, 3.8) is 0 Å². The molecule has 0 bridgehead atoms. The molecule has 27 heavy (non-hydrogen) atoms. The van der Waals surface area contributed by atoms with Gasteiger partial charge in [-0.2, -0.15) is 0 Å². The predicted molar refractivity (Wildman–Crippen MR) is 98.9 cm³/mol. The van der Waals surface area contributed by atoms with Gasteiger partial charge < -0.3 is 19.0 Å². The average molecular weight is 373 g/mol. The van der Waals surface area contributed by atoms with Crippen molar-refractivity contribution in [2.45, 2.75) is 33.4 Å². The summed E-state index contributed by atoms with van der Waals surface area (Å²) in [6.45, 7) is 5.90. The molecule has 0 radical (unpaired) electrons. The first-order chi connectivity index (χ1) is 12.8. The van der Waals surface area contributed by atoms with Gasteiger partial charge in [-0.25, -0.2) is 9.59 Å². The number of nitrogens with one attached hydrogen (secondary N) is 2. The molecule has 2 heterocycles. The largest absolute Gasteiger partial charge is 0.467 e. The number of aromatic nitrogens is 1. The molecule has 0 spiro atoms.